The molecule has 0 aliphatic heterocycles. The average Bonchev–Trinajstić information content (AvgIpc) is 2.32. The summed E-state index contributed by atoms with van der Waals surface area (Å²) >= 11 is 0. The van der Waals surface area contributed by atoms with Gasteiger partial charge in [0.15, 0.2) is 0 Å². The maximum absolute atomic E-state index is 9.17. The van der Waals surface area contributed by atoms with Gasteiger partial charge in [-0.05, 0) is 28.8 Å². The Kier molecular flexibility index (Phi) is 2.87. The van der Waals surface area contributed by atoms with E-state index in [2.05, 4.69) is 5.16 Å². The molecule has 0 saturated heterocycles. The van der Waals surface area contributed by atoms with Crippen molar-refractivity contribution in [3.63, 3.8) is 0 Å². The number of phenols is 1. The lowest BCUT2D eigenvalue weighted by atomic mass is 10.0. The SMILES string of the molecule is O/N=C/c1ccc(-c2ccc(O)cc2)cc1. The molecule has 0 heterocycles. The smallest absolute Gasteiger partial charge is 0.115 e. The molecule has 2 aromatic carbocycles. The number of nitrogens with zero attached hydrogens (tertiary/aromatic N) is 1. The third-order valence-corrected chi connectivity index (χ3v) is 2.32. The second kappa shape index (κ2) is 4.49. The molecule has 80 valence electrons. The number of rotatable bonds is 2. The summed E-state index contributed by atoms with van der Waals surface area (Å²) in [5.74, 6) is 0.257. The van der Waals surface area contributed by atoms with E-state index in [9.17, 15) is 5.11 Å². The van der Waals surface area contributed by atoms with Gasteiger partial charge in [0, 0.05) is 0 Å². The molecule has 16 heavy (non-hydrogen) atoms. The molecule has 0 radical (unpaired) electrons. The van der Waals surface area contributed by atoms with E-state index in [1.54, 1.807) is 12.1 Å². The van der Waals surface area contributed by atoms with E-state index in [1.807, 2.05) is 36.4 Å². The van der Waals surface area contributed by atoms with Crippen molar-refractivity contribution in [3.8, 4) is 16.9 Å². The van der Waals surface area contributed by atoms with Gasteiger partial charge in [-0.3, -0.25) is 0 Å². The van der Waals surface area contributed by atoms with Gasteiger partial charge < -0.3 is 10.3 Å². The molecule has 3 nitrogen and oxygen atoms in total. The first-order chi connectivity index (χ1) is 7.79. The van der Waals surface area contributed by atoms with Crippen molar-refractivity contribution in [2.45, 2.75) is 0 Å². The number of oxime groups is 1. The van der Waals surface area contributed by atoms with Gasteiger partial charge in [-0.1, -0.05) is 41.6 Å². The first-order valence-electron chi connectivity index (χ1n) is 4.86. The average molecular weight is 213 g/mol. The highest BCUT2D eigenvalue weighted by atomic mass is 16.4. The summed E-state index contributed by atoms with van der Waals surface area (Å²) < 4.78 is 0. The molecular weight excluding hydrogens is 202 g/mol. The molecule has 2 N–H and O–H groups in total. The van der Waals surface area contributed by atoms with Crippen molar-refractivity contribution < 1.29 is 10.3 Å². The molecule has 3 heteroatoms. The summed E-state index contributed by atoms with van der Waals surface area (Å²) in [6, 6.07) is 14.6. The number of hydrogen-bond acceptors (Lipinski definition) is 3. The third-order valence-electron chi connectivity index (χ3n) is 2.32. The molecular formula is C13H11NO2. The van der Waals surface area contributed by atoms with Crippen molar-refractivity contribution >= 4 is 6.21 Å². The van der Waals surface area contributed by atoms with Gasteiger partial charge in [0.1, 0.15) is 5.75 Å². The molecule has 0 atom stereocenters. The zero-order chi connectivity index (χ0) is 11.4. The number of hydrogen-bond donors (Lipinski definition) is 2. The number of aromatic hydroxyl groups is 1. The van der Waals surface area contributed by atoms with Gasteiger partial charge in [0.05, 0.1) is 6.21 Å². The van der Waals surface area contributed by atoms with Gasteiger partial charge in [-0.15, -0.1) is 0 Å². The minimum absolute atomic E-state index is 0.257. The molecule has 0 aliphatic rings. The molecule has 2 rings (SSSR count). The van der Waals surface area contributed by atoms with Gasteiger partial charge in [-0.25, -0.2) is 0 Å². The quantitative estimate of drug-likeness (QED) is 0.458. The molecule has 0 saturated carbocycles. The number of phenolic OH excluding ortho intramolecular Hbond substituents is 1. The van der Waals surface area contributed by atoms with Crippen LogP contribution >= 0.6 is 0 Å². The number of benzene rings is 2. The Balaban J connectivity index is 2.31. The van der Waals surface area contributed by atoms with Crippen LogP contribution in [-0.2, 0) is 0 Å². The Morgan fingerprint density at radius 3 is 1.81 bits per heavy atom. The first-order valence-corrected chi connectivity index (χ1v) is 4.86. The summed E-state index contributed by atoms with van der Waals surface area (Å²) in [4.78, 5) is 0. The summed E-state index contributed by atoms with van der Waals surface area (Å²) in [5.41, 5.74) is 2.92. The molecule has 0 amide bonds. The normalized spacial score (nSPS) is 10.8. The Bertz CT molecular complexity index is 486. The Morgan fingerprint density at radius 1 is 0.812 bits per heavy atom. The van der Waals surface area contributed by atoms with Gasteiger partial charge >= 0.3 is 0 Å². The predicted molar refractivity (Wildman–Crippen MR) is 62.9 cm³/mol. The van der Waals surface area contributed by atoms with E-state index in [-0.39, 0.29) is 5.75 Å². The lowest BCUT2D eigenvalue weighted by molar-refractivity contribution is 0.322. The van der Waals surface area contributed by atoms with Crippen molar-refractivity contribution in [1.29, 1.82) is 0 Å². The van der Waals surface area contributed by atoms with Crippen LogP contribution in [0.2, 0.25) is 0 Å². The van der Waals surface area contributed by atoms with E-state index in [0.29, 0.717) is 0 Å². The zero-order valence-corrected chi connectivity index (χ0v) is 8.54. The van der Waals surface area contributed by atoms with Crippen LogP contribution in [0.5, 0.6) is 5.75 Å². The Morgan fingerprint density at radius 2 is 1.31 bits per heavy atom. The van der Waals surface area contributed by atoms with Crippen LogP contribution in [0, 0.1) is 0 Å². The topological polar surface area (TPSA) is 52.8 Å². The molecule has 0 unspecified atom stereocenters. The van der Waals surface area contributed by atoms with Crippen LogP contribution in [0.3, 0.4) is 0 Å². The summed E-state index contributed by atoms with van der Waals surface area (Å²) in [6.07, 6.45) is 1.38. The lowest BCUT2D eigenvalue weighted by Gasteiger charge is -2.02. The largest absolute Gasteiger partial charge is 0.508 e. The van der Waals surface area contributed by atoms with Crippen LogP contribution in [0.25, 0.3) is 11.1 Å². The second-order valence-electron chi connectivity index (χ2n) is 3.41. The molecule has 0 aromatic heterocycles. The minimum Gasteiger partial charge on any atom is -0.508 e. The molecule has 0 spiro atoms. The van der Waals surface area contributed by atoms with Crippen LogP contribution in [-0.4, -0.2) is 16.5 Å². The van der Waals surface area contributed by atoms with Crippen molar-refractivity contribution in [1.82, 2.24) is 0 Å². The summed E-state index contributed by atoms with van der Waals surface area (Å²) in [6.45, 7) is 0. The highest BCUT2D eigenvalue weighted by Crippen LogP contribution is 2.21. The Labute approximate surface area is 93.3 Å². The maximum atomic E-state index is 9.17. The zero-order valence-electron chi connectivity index (χ0n) is 8.54. The molecule has 0 aliphatic carbocycles. The maximum Gasteiger partial charge on any atom is 0.115 e. The van der Waals surface area contributed by atoms with Gasteiger partial charge in [-0.2, -0.15) is 0 Å². The highest BCUT2D eigenvalue weighted by Gasteiger charge is 1.97. The van der Waals surface area contributed by atoms with Crippen molar-refractivity contribution in [3.05, 3.63) is 54.1 Å². The highest BCUT2D eigenvalue weighted by molar-refractivity contribution is 5.80. The molecule has 0 bridgehead atoms. The molecule has 2 aromatic rings. The van der Waals surface area contributed by atoms with E-state index >= 15 is 0 Å². The van der Waals surface area contributed by atoms with E-state index in [0.717, 1.165) is 16.7 Å². The third kappa shape index (κ3) is 2.20. The van der Waals surface area contributed by atoms with Crippen LogP contribution in [0.15, 0.2) is 53.7 Å². The summed E-state index contributed by atoms with van der Waals surface area (Å²) in [7, 11) is 0. The van der Waals surface area contributed by atoms with Crippen LogP contribution in [0.1, 0.15) is 5.56 Å². The monoisotopic (exact) mass is 213 g/mol. The first kappa shape index (κ1) is 10.2. The van der Waals surface area contributed by atoms with E-state index < -0.39 is 0 Å². The van der Waals surface area contributed by atoms with Gasteiger partial charge in [0.2, 0.25) is 0 Å². The standard InChI is InChI=1S/C13H11NO2/c15-13-7-5-12(6-8-13)11-3-1-10(2-4-11)9-14-16/h1-9,15-16H/b14-9+. The minimum atomic E-state index is 0.257. The second-order valence-corrected chi connectivity index (χ2v) is 3.41. The van der Waals surface area contributed by atoms with Crippen LogP contribution < -0.4 is 0 Å². The Hall–Kier alpha value is -2.29. The van der Waals surface area contributed by atoms with Crippen LogP contribution in [0.4, 0.5) is 0 Å². The molecule has 0 fully saturated rings. The predicted octanol–water partition coefficient (Wildman–Crippen LogP) is 2.87. The van der Waals surface area contributed by atoms with E-state index in [4.69, 9.17) is 5.21 Å². The van der Waals surface area contributed by atoms with Crippen molar-refractivity contribution in [2.75, 3.05) is 0 Å². The summed E-state index contributed by atoms with van der Waals surface area (Å²) in [5, 5.41) is 20.5. The lowest BCUT2D eigenvalue weighted by Crippen LogP contribution is -1.82. The fourth-order valence-electron chi connectivity index (χ4n) is 1.48. The van der Waals surface area contributed by atoms with Gasteiger partial charge in [0.25, 0.3) is 0 Å². The van der Waals surface area contributed by atoms with Crippen molar-refractivity contribution in [2.24, 2.45) is 5.16 Å². The fraction of sp³-hybridized carbons (Fsp3) is 0. The van der Waals surface area contributed by atoms with E-state index in [1.165, 1.54) is 6.21 Å². The fourth-order valence-corrected chi connectivity index (χ4v) is 1.48.